The second-order valence-electron chi connectivity index (χ2n) is 4.89. The highest BCUT2D eigenvalue weighted by atomic mass is 32.1. The van der Waals surface area contributed by atoms with Gasteiger partial charge < -0.3 is 10.6 Å². The van der Waals surface area contributed by atoms with Crippen LogP contribution in [0.25, 0.3) is 0 Å². The normalized spacial score (nSPS) is 13.6. The van der Waals surface area contributed by atoms with E-state index in [0.717, 1.165) is 43.9 Å². The van der Waals surface area contributed by atoms with Gasteiger partial charge in [-0.05, 0) is 30.7 Å². The lowest BCUT2D eigenvalue weighted by Gasteiger charge is -2.17. The SMILES string of the molecule is O=C(CCCc1cccs1)Nc1cnn2c1NCCC2. The predicted octanol–water partition coefficient (Wildman–Crippen LogP) is 2.72. The van der Waals surface area contributed by atoms with Crippen molar-refractivity contribution in [3.63, 3.8) is 0 Å². The number of carbonyl (C=O) groups is 1. The largest absolute Gasteiger partial charge is 0.368 e. The van der Waals surface area contributed by atoms with Crippen molar-refractivity contribution in [2.24, 2.45) is 0 Å². The summed E-state index contributed by atoms with van der Waals surface area (Å²) in [5, 5.41) is 12.6. The van der Waals surface area contributed by atoms with Gasteiger partial charge in [-0.25, -0.2) is 4.68 Å². The topological polar surface area (TPSA) is 59.0 Å². The van der Waals surface area contributed by atoms with Crippen LogP contribution in [0, 0.1) is 0 Å². The van der Waals surface area contributed by atoms with Gasteiger partial charge in [-0.2, -0.15) is 5.10 Å². The third-order valence-corrected chi connectivity index (χ3v) is 4.30. The number of rotatable bonds is 5. The third kappa shape index (κ3) is 3.01. The average Bonchev–Trinajstić information content (AvgIpc) is 3.09. The highest BCUT2D eigenvalue weighted by Gasteiger charge is 2.15. The van der Waals surface area contributed by atoms with Gasteiger partial charge in [-0.1, -0.05) is 6.07 Å². The Balaban J connectivity index is 1.50. The quantitative estimate of drug-likeness (QED) is 0.890. The number of aromatic nitrogens is 2. The molecule has 20 heavy (non-hydrogen) atoms. The number of nitrogens with one attached hydrogen (secondary N) is 2. The molecule has 6 heteroatoms. The van der Waals surface area contributed by atoms with Crippen LogP contribution in [0.1, 0.15) is 24.1 Å². The molecule has 3 heterocycles. The standard InChI is InChI=1S/C14H18N4OS/c19-13(6-1-4-11-5-2-9-20-11)17-12-10-16-18-8-3-7-15-14(12)18/h2,5,9-10,15H,1,3-4,6-8H2,(H,17,19). The molecule has 1 aliphatic heterocycles. The predicted molar refractivity (Wildman–Crippen MR) is 81.2 cm³/mol. The van der Waals surface area contributed by atoms with Crippen LogP contribution in [-0.4, -0.2) is 22.2 Å². The number of fused-ring (bicyclic) bond motifs is 1. The summed E-state index contributed by atoms with van der Waals surface area (Å²) >= 11 is 1.74. The summed E-state index contributed by atoms with van der Waals surface area (Å²) in [6.45, 7) is 1.85. The number of nitrogens with zero attached hydrogens (tertiary/aromatic N) is 2. The van der Waals surface area contributed by atoms with Gasteiger partial charge in [0.05, 0.1) is 6.20 Å². The lowest BCUT2D eigenvalue weighted by molar-refractivity contribution is -0.116. The number of amides is 1. The lowest BCUT2D eigenvalue weighted by Crippen LogP contribution is -2.19. The molecule has 1 aliphatic rings. The molecular weight excluding hydrogens is 272 g/mol. The Hall–Kier alpha value is -1.82. The number of hydrogen-bond donors (Lipinski definition) is 2. The van der Waals surface area contributed by atoms with Crippen molar-refractivity contribution in [1.82, 2.24) is 9.78 Å². The summed E-state index contributed by atoms with van der Waals surface area (Å²) in [7, 11) is 0. The molecule has 0 bridgehead atoms. The number of aryl methyl sites for hydroxylation is 2. The fourth-order valence-corrected chi connectivity index (χ4v) is 3.11. The molecule has 0 unspecified atom stereocenters. The molecule has 0 radical (unpaired) electrons. The maximum atomic E-state index is 12.0. The molecule has 0 saturated heterocycles. The number of thiophene rings is 1. The van der Waals surface area contributed by atoms with E-state index in [1.807, 2.05) is 10.7 Å². The Morgan fingerprint density at radius 1 is 1.55 bits per heavy atom. The first kappa shape index (κ1) is 13.2. The molecule has 2 aromatic rings. The van der Waals surface area contributed by atoms with Crippen molar-refractivity contribution in [3.05, 3.63) is 28.6 Å². The van der Waals surface area contributed by atoms with E-state index in [4.69, 9.17) is 0 Å². The Kier molecular flexibility index (Phi) is 4.01. The molecular formula is C14H18N4OS. The zero-order valence-electron chi connectivity index (χ0n) is 11.3. The van der Waals surface area contributed by atoms with Crippen molar-refractivity contribution in [2.75, 3.05) is 17.2 Å². The third-order valence-electron chi connectivity index (χ3n) is 3.36. The van der Waals surface area contributed by atoms with Crippen LogP contribution in [0.15, 0.2) is 23.7 Å². The van der Waals surface area contributed by atoms with E-state index >= 15 is 0 Å². The van der Waals surface area contributed by atoms with Crippen LogP contribution in [0.2, 0.25) is 0 Å². The summed E-state index contributed by atoms with van der Waals surface area (Å²) in [6, 6.07) is 4.16. The summed E-state index contributed by atoms with van der Waals surface area (Å²) < 4.78 is 1.91. The zero-order valence-corrected chi connectivity index (χ0v) is 12.1. The van der Waals surface area contributed by atoms with Crippen LogP contribution < -0.4 is 10.6 Å². The van der Waals surface area contributed by atoms with Crippen molar-refractivity contribution in [2.45, 2.75) is 32.2 Å². The first-order valence-corrected chi connectivity index (χ1v) is 7.83. The molecule has 2 aromatic heterocycles. The van der Waals surface area contributed by atoms with Gasteiger partial charge >= 0.3 is 0 Å². The van der Waals surface area contributed by atoms with E-state index in [9.17, 15) is 4.79 Å². The van der Waals surface area contributed by atoms with Crippen molar-refractivity contribution in [3.8, 4) is 0 Å². The fourth-order valence-electron chi connectivity index (χ4n) is 2.36. The smallest absolute Gasteiger partial charge is 0.224 e. The minimum Gasteiger partial charge on any atom is -0.368 e. The van der Waals surface area contributed by atoms with Crippen LogP contribution >= 0.6 is 11.3 Å². The van der Waals surface area contributed by atoms with Crippen molar-refractivity contribution >= 4 is 28.7 Å². The van der Waals surface area contributed by atoms with Crippen molar-refractivity contribution in [1.29, 1.82) is 0 Å². The van der Waals surface area contributed by atoms with Crippen LogP contribution in [0.4, 0.5) is 11.5 Å². The second kappa shape index (κ2) is 6.09. The van der Waals surface area contributed by atoms with Crippen LogP contribution in [0.3, 0.4) is 0 Å². The van der Waals surface area contributed by atoms with Gasteiger partial charge in [-0.15, -0.1) is 11.3 Å². The Bertz CT molecular complexity index is 576. The molecule has 0 aromatic carbocycles. The molecule has 0 spiro atoms. The minimum atomic E-state index is 0.0599. The fraction of sp³-hybridized carbons (Fsp3) is 0.429. The van der Waals surface area contributed by atoms with E-state index in [1.54, 1.807) is 17.5 Å². The Labute approximate surface area is 122 Å². The monoisotopic (exact) mass is 290 g/mol. The highest BCUT2D eigenvalue weighted by Crippen LogP contribution is 2.24. The molecule has 2 N–H and O–H groups in total. The van der Waals surface area contributed by atoms with E-state index in [0.29, 0.717) is 6.42 Å². The molecule has 0 aliphatic carbocycles. The van der Waals surface area contributed by atoms with Gasteiger partial charge in [0.2, 0.25) is 5.91 Å². The summed E-state index contributed by atoms with van der Waals surface area (Å²) in [5.41, 5.74) is 0.797. The van der Waals surface area contributed by atoms with Gasteiger partial charge in [0, 0.05) is 24.4 Å². The van der Waals surface area contributed by atoms with Gasteiger partial charge in [0.25, 0.3) is 0 Å². The highest BCUT2D eigenvalue weighted by molar-refractivity contribution is 7.09. The number of hydrogen-bond acceptors (Lipinski definition) is 4. The summed E-state index contributed by atoms with van der Waals surface area (Å²) in [4.78, 5) is 13.3. The first-order chi connectivity index (χ1) is 9.83. The van der Waals surface area contributed by atoms with E-state index < -0.39 is 0 Å². The van der Waals surface area contributed by atoms with Crippen molar-refractivity contribution < 1.29 is 4.79 Å². The maximum Gasteiger partial charge on any atom is 0.224 e. The maximum absolute atomic E-state index is 12.0. The van der Waals surface area contributed by atoms with Gasteiger partial charge in [0.15, 0.2) is 0 Å². The Morgan fingerprint density at radius 3 is 3.35 bits per heavy atom. The molecule has 0 fully saturated rings. The Morgan fingerprint density at radius 2 is 2.50 bits per heavy atom. The van der Waals surface area contributed by atoms with Gasteiger partial charge in [-0.3, -0.25) is 4.79 Å². The molecule has 0 saturated carbocycles. The summed E-state index contributed by atoms with van der Waals surface area (Å²) in [6.07, 6.45) is 5.19. The molecule has 0 atom stereocenters. The van der Waals surface area contributed by atoms with Gasteiger partial charge in [0.1, 0.15) is 11.5 Å². The number of carbonyl (C=O) groups excluding carboxylic acids is 1. The molecule has 5 nitrogen and oxygen atoms in total. The van der Waals surface area contributed by atoms with Crippen LogP contribution in [0.5, 0.6) is 0 Å². The molecule has 1 amide bonds. The van der Waals surface area contributed by atoms with E-state index in [2.05, 4.69) is 27.2 Å². The second-order valence-corrected chi connectivity index (χ2v) is 5.92. The minimum absolute atomic E-state index is 0.0599. The zero-order chi connectivity index (χ0) is 13.8. The average molecular weight is 290 g/mol. The first-order valence-electron chi connectivity index (χ1n) is 6.95. The van der Waals surface area contributed by atoms with E-state index in [-0.39, 0.29) is 5.91 Å². The van der Waals surface area contributed by atoms with E-state index in [1.165, 1.54) is 4.88 Å². The number of anilines is 2. The molecule has 3 rings (SSSR count). The van der Waals surface area contributed by atoms with Crippen LogP contribution in [-0.2, 0) is 17.8 Å². The molecule has 106 valence electrons. The lowest BCUT2D eigenvalue weighted by atomic mass is 10.2. The summed E-state index contributed by atoms with van der Waals surface area (Å²) in [5.74, 6) is 0.993.